The first-order valence-electron chi connectivity index (χ1n) is 1.13. The molecule has 0 aromatic rings. The van der Waals surface area contributed by atoms with Crippen molar-refractivity contribution in [3.8, 4) is 0 Å². The van der Waals surface area contributed by atoms with Crippen LogP contribution in [0.5, 0.6) is 0 Å². The Morgan fingerprint density at radius 2 is 2.00 bits per heavy atom. The zero-order chi connectivity index (χ0) is 3.41. The van der Waals surface area contributed by atoms with E-state index in [0.717, 1.165) is 0 Å². The van der Waals surface area contributed by atoms with Gasteiger partial charge in [-0.3, -0.25) is 0 Å². The molecule has 0 aliphatic rings. The first-order chi connectivity index (χ1) is 1.91. The van der Waals surface area contributed by atoms with Gasteiger partial charge in [0.2, 0.25) is 0 Å². The summed E-state index contributed by atoms with van der Waals surface area (Å²) in [6, 6.07) is 0. The number of rotatable bonds is 1. The predicted octanol–water partition coefficient (Wildman–Crippen LogP) is -0.953. The second-order valence-corrected chi connectivity index (χ2v) is 0.447. The Bertz CT molecular complexity index is 8.00. The molecule has 1 N–H and O–H groups in total. The van der Waals surface area contributed by atoms with E-state index in [4.69, 9.17) is 10.8 Å². The van der Waals surface area contributed by atoms with Crippen molar-refractivity contribution in [2.45, 2.75) is 0 Å². The first-order valence-corrected chi connectivity index (χ1v) is 1.13. The van der Waals surface area contributed by atoms with Crippen LogP contribution in [0.4, 0.5) is 0 Å². The third-order valence-corrected chi connectivity index (χ3v) is 0.1000. The molecule has 24 valence electrons. The smallest absolute Gasteiger partial charge is 0.0588 e. The Balaban J connectivity index is 1.97. The summed E-state index contributed by atoms with van der Waals surface area (Å²) < 4.78 is 0. The largest absolute Gasteiger partial charge is 0.395 e. The third kappa shape index (κ3) is 1.92. The minimum absolute atomic E-state index is 0.125. The molecule has 0 amide bonds. The van der Waals surface area contributed by atoms with Crippen LogP contribution in [-0.4, -0.2) is 18.3 Å². The highest BCUT2D eigenvalue weighted by Gasteiger charge is 1.60. The van der Waals surface area contributed by atoms with Gasteiger partial charge in [0.1, 0.15) is 0 Å². The quantitative estimate of drug-likeness (QED) is 0.415. The molecule has 0 heterocycles. The monoisotopic (exact) mass is 59.0 g/mol. The van der Waals surface area contributed by atoms with E-state index >= 15 is 0 Å². The van der Waals surface area contributed by atoms with Crippen LogP contribution in [0.1, 0.15) is 0 Å². The lowest BCUT2D eigenvalue weighted by atomic mass is 10.8. The van der Waals surface area contributed by atoms with Crippen molar-refractivity contribution >= 4 is 0 Å². The van der Waals surface area contributed by atoms with Crippen LogP contribution >= 0.6 is 0 Å². The summed E-state index contributed by atoms with van der Waals surface area (Å²) in [5, 5.41) is 7.62. The highest BCUT2D eigenvalue weighted by atomic mass is 16.3. The Morgan fingerprint density at radius 3 is 2.00 bits per heavy atom. The normalized spacial score (nSPS) is 7.50. The van der Waals surface area contributed by atoms with Crippen LogP contribution in [0.25, 0.3) is 0 Å². The summed E-state index contributed by atoms with van der Waals surface area (Å²) in [6.07, 6.45) is 0. The summed E-state index contributed by atoms with van der Waals surface area (Å²) in [5.41, 5.74) is 7.62. The molecule has 0 aliphatic heterocycles. The van der Waals surface area contributed by atoms with Crippen molar-refractivity contribution < 1.29 is 5.11 Å². The molecule has 4 heavy (non-hydrogen) atoms. The molecule has 0 saturated carbocycles. The second kappa shape index (κ2) is 2.92. The lowest BCUT2D eigenvalue weighted by Gasteiger charge is -1.67. The van der Waals surface area contributed by atoms with Gasteiger partial charge in [-0.2, -0.15) is 0 Å². The molecular weight excluding hydrogens is 54.0 g/mol. The lowest BCUT2D eigenvalue weighted by Crippen LogP contribution is -1.88. The van der Waals surface area contributed by atoms with Gasteiger partial charge in [-0.25, -0.2) is 0 Å². The van der Waals surface area contributed by atoms with Crippen LogP contribution in [0.2, 0.25) is 0 Å². The minimum Gasteiger partial charge on any atom is -0.395 e. The maximum Gasteiger partial charge on any atom is 0.0588 e. The predicted molar refractivity (Wildman–Crippen MR) is 14.1 cm³/mol. The lowest BCUT2D eigenvalue weighted by molar-refractivity contribution is 0.304. The summed E-state index contributed by atoms with van der Waals surface area (Å²) in [4.78, 5) is 0. The summed E-state index contributed by atoms with van der Waals surface area (Å²) in [5.74, 6) is 0. The van der Waals surface area contributed by atoms with E-state index in [-0.39, 0.29) is 13.2 Å². The van der Waals surface area contributed by atoms with Gasteiger partial charge < -0.3 is 5.11 Å². The summed E-state index contributed by atoms with van der Waals surface area (Å²) in [7, 11) is 0. The highest BCUT2D eigenvalue weighted by Crippen LogP contribution is 1.37. The zero-order valence-corrected chi connectivity index (χ0v) is 2.31. The van der Waals surface area contributed by atoms with E-state index in [9.17, 15) is 0 Å². The molecular formula is C2H5NO. The van der Waals surface area contributed by atoms with Crippen LogP contribution in [0.15, 0.2) is 0 Å². The van der Waals surface area contributed by atoms with Crippen LogP contribution in [0.3, 0.4) is 0 Å². The molecule has 2 heteroatoms. The number of aliphatic hydroxyl groups excluding tert-OH is 1. The molecule has 0 atom stereocenters. The Hall–Kier alpha value is -0.0800. The van der Waals surface area contributed by atoms with Crippen molar-refractivity contribution in [1.29, 1.82) is 0 Å². The van der Waals surface area contributed by atoms with Gasteiger partial charge >= 0.3 is 0 Å². The van der Waals surface area contributed by atoms with E-state index in [2.05, 4.69) is 0 Å². The molecule has 0 bridgehead atoms. The topological polar surface area (TPSA) is 42.5 Å². The molecule has 2 radical (unpaired) electrons. The third-order valence-electron chi connectivity index (χ3n) is 0.1000. The van der Waals surface area contributed by atoms with Crippen molar-refractivity contribution in [1.82, 2.24) is 5.73 Å². The Labute approximate surface area is 25.2 Å². The SMILES string of the molecule is [N]CCO. The first kappa shape index (κ1) is 3.92. The number of aliphatic hydroxyl groups is 1. The van der Waals surface area contributed by atoms with Gasteiger partial charge in [0.15, 0.2) is 0 Å². The molecule has 0 aliphatic carbocycles. The van der Waals surface area contributed by atoms with Crippen molar-refractivity contribution in [3.05, 3.63) is 0 Å². The van der Waals surface area contributed by atoms with Crippen LogP contribution in [-0.2, 0) is 0 Å². The fourth-order valence-corrected chi connectivity index (χ4v) is 0. The van der Waals surface area contributed by atoms with E-state index in [1.54, 1.807) is 0 Å². The van der Waals surface area contributed by atoms with Gasteiger partial charge in [0, 0.05) is 0 Å². The van der Waals surface area contributed by atoms with Crippen molar-refractivity contribution in [2.24, 2.45) is 0 Å². The van der Waals surface area contributed by atoms with Gasteiger partial charge in [0.25, 0.3) is 0 Å². The Kier molecular flexibility index (Phi) is 2.86. The molecule has 0 spiro atoms. The van der Waals surface area contributed by atoms with Crippen LogP contribution in [0, 0.1) is 0 Å². The number of nitrogens with zero attached hydrogens (tertiary/aromatic N) is 1. The minimum atomic E-state index is -0.125. The molecule has 2 nitrogen and oxygen atoms in total. The van der Waals surface area contributed by atoms with Gasteiger partial charge in [-0.05, 0) is 0 Å². The highest BCUT2D eigenvalue weighted by molar-refractivity contribution is 4.16. The molecule has 0 fully saturated rings. The van der Waals surface area contributed by atoms with E-state index < -0.39 is 0 Å². The van der Waals surface area contributed by atoms with Crippen LogP contribution < -0.4 is 5.73 Å². The molecule has 0 unspecified atom stereocenters. The summed E-state index contributed by atoms with van der Waals surface area (Å²) >= 11 is 0. The fourth-order valence-electron chi connectivity index (χ4n) is 0. The molecule has 0 rings (SSSR count). The summed E-state index contributed by atoms with van der Waals surface area (Å²) in [6.45, 7) is -0.250. The maximum absolute atomic E-state index is 7.62. The van der Waals surface area contributed by atoms with Crippen molar-refractivity contribution in [3.63, 3.8) is 0 Å². The second-order valence-electron chi connectivity index (χ2n) is 0.447. The molecule has 0 saturated heterocycles. The van der Waals surface area contributed by atoms with Crippen molar-refractivity contribution in [2.75, 3.05) is 13.2 Å². The van der Waals surface area contributed by atoms with E-state index in [1.165, 1.54) is 0 Å². The molecule has 0 aromatic heterocycles. The average molecular weight is 59.1 g/mol. The maximum atomic E-state index is 7.62. The van der Waals surface area contributed by atoms with E-state index in [1.807, 2.05) is 0 Å². The average Bonchev–Trinajstić information content (AvgIpc) is 1.37. The zero-order valence-electron chi connectivity index (χ0n) is 2.31. The van der Waals surface area contributed by atoms with Gasteiger partial charge in [-0.1, -0.05) is 0 Å². The molecule has 0 aromatic carbocycles. The van der Waals surface area contributed by atoms with E-state index in [0.29, 0.717) is 0 Å². The standard InChI is InChI=1S/C2H5NO/c3-1-2-4/h4H,1-2H2. The van der Waals surface area contributed by atoms with Gasteiger partial charge in [0.05, 0.1) is 13.2 Å². The fraction of sp³-hybridized carbons (Fsp3) is 1.00. The number of hydrogen-bond acceptors (Lipinski definition) is 1. The Morgan fingerprint density at radius 1 is 1.75 bits per heavy atom. The number of hydrogen-bond donors (Lipinski definition) is 1. The van der Waals surface area contributed by atoms with Gasteiger partial charge in [-0.15, -0.1) is 5.73 Å².